The van der Waals surface area contributed by atoms with Gasteiger partial charge in [-0.05, 0) is 51.3 Å². The van der Waals surface area contributed by atoms with Crippen molar-refractivity contribution in [3.8, 4) is 5.75 Å². The standard InChI is InChI=1S/C13H19ClO/c1-10(2)15-13-8-6-12(7-9-13)5-4-11(3)14/h6-11H,4-5H2,1-3H3. The molecule has 0 N–H and O–H groups in total. The highest BCUT2D eigenvalue weighted by atomic mass is 35.5. The van der Waals surface area contributed by atoms with Crippen molar-refractivity contribution >= 4 is 11.6 Å². The Kier molecular flexibility index (Phi) is 4.97. The van der Waals surface area contributed by atoms with E-state index in [1.54, 1.807) is 0 Å². The lowest BCUT2D eigenvalue weighted by atomic mass is 10.1. The van der Waals surface area contributed by atoms with Gasteiger partial charge in [0, 0.05) is 5.38 Å². The Morgan fingerprint density at radius 1 is 1.13 bits per heavy atom. The second-order valence-corrected chi connectivity index (χ2v) is 4.88. The van der Waals surface area contributed by atoms with E-state index in [2.05, 4.69) is 12.1 Å². The van der Waals surface area contributed by atoms with E-state index >= 15 is 0 Å². The van der Waals surface area contributed by atoms with Gasteiger partial charge in [0.25, 0.3) is 0 Å². The Balaban J connectivity index is 2.49. The van der Waals surface area contributed by atoms with Crippen LogP contribution in [0.5, 0.6) is 5.75 Å². The lowest BCUT2D eigenvalue weighted by Crippen LogP contribution is -2.05. The molecule has 0 bridgehead atoms. The summed E-state index contributed by atoms with van der Waals surface area (Å²) in [5, 5.41) is 0.247. The van der Waals surface area contributed by atoms with Gasteiger partial charge in [0.1, 0.15) is 5.75 Å². The zero-order valence-corrected chi connectivity index (χ0v) is 10.4. The molecule has 0 saturated carbocycles. The van der Waals surface area contributed by atoms with Crippen LogP contribution in [-0.4, -0.2) is 11.5 Å². The summed E-state index contributed by atoms with van der Waals surface area (Å²) in [5.74, 6) is 0.938. The fourth-order valence-electron chi connectivity index (χ4n) is 1.37. The molecule has 0 aliphatic heterocycles. The quantitative estimate of drug-likeness (QED) is 0.689. The van der Waals surface area contributed by atoms with Crippen molar-refractivity contribution in [2.45, 2.75) is 45.1 Å². The van der Waals surface area contributed by atoms with E-state index in [4.69, 9.17) is 16.3 Å². The predicted octanol–water partition coefficient (Wildman–Crippen LogP) is 4.03. The van der Waals surface area contributed by atoms with E-state index in [0.717, 1.165) is 18.6 Å². The van der Waals surface area contributed by atoms with Gasteiger partial charge in [0.15, 0.2) is 0 Å². The normalized spacial score (nSPS) is 12.9. The Morgan fingerprint density at radius 2 is 1.73 bits per heavy atom. The average Bonchev–Trinajstić information content (AvgIpc) is 2.16. The highest BCUT2D eigenvalue weighted by molar-refractivity contribution is 6.20. The van der Waals surface area contributed by atoms with Crippen molar-refractivity contribution < 1.29 is 4.74 Å². The van der Waals surface area contributed by atoms with Crippen LogP contribution in [0.3, 0.4) is 0 Å². The third-order valence-corrected chi connectivity index (χ3v) is 2.34. The fourth-order valence-corrected chi connectivity index (χ4v) is 1.48. The first kappa shape index (κ1) is 12.4. The second kappa shape index (κ2) is 6.02. The molecule has 15 heavy (non-hydrogen) atoms. The molecule has 0 aliphatic rings. The van der Waals surface area contributed by atoms with Gasteiger partial charge in [-0.3, -0.25) is 0 Å². The smallest absolute Gasteiger partial charge is 0.119 e. The fraction of sp³-hybridized carbons (Fsp3) is 0.538. The summed E-state index contributed by atoms with van der Waals surface area (Å²) in [4.78, 5) is 0. The molecule has 1 aromatic rings. The number of hydrogen-bond acceptors (Lipinski definition) is 1. The summed E-state index contributed by atoms with van der Waals surface area (Å²) in [5.41, 5.74) is 1.32. The van der Waals surface area contributed by atoms with E-state index < -0.39 is 0 Å². The molecule has 0 spiro atoms. The summed E-state index contributed by atoms with van der Waals surface area (Å²) in [6.07, 6.45) is 2.29. The van der Waals surface area contributed by atoms with Crippen LogP contribution in [0.2, 0.25) is 0 Å². The van der Waals surface area contributed by atoms with Crippen molar-refractivity contribution in [3.63, 3.8) is 0 Å². The van der Waals surface area contributed by atoms with Gasteiger partial charge in [-0.15, -0.1) is 11.6 Å². The van der Waals surface area contributed by atoms with Crippen LogP contribution in [0.15, 0.2) is 24.3 Å². The summed E-state index contributed by atoms with van der Waals surface area (Å²) in [7, 11) is 0. The third-order valence-electron chi connectivity index (χ3n) is 2.13. The molecule has 0 aliphatic carbocycles. The molecule has 84 valence electrons. The molecule has 0 aromatic heterocycles. The zero-order chi connectivity index (χ0) is 11.3. The lowest BCUT2D eigenvalue weighted by Gasteiger charge is -2.10. The van der Waals surface area contributed by atoms with E-state index in [1.807, 2.05) is 32.9 Å². The second-order valence-electron chi connectivity index (χ2n) is 4.13. The first-order chi connectivity index (χ1) is 7.08. The van der Waals surface area contributed by atoms with E-state index in [0.29, 0.717) is 0 Å². The minimum Gasteiger partial charge on any atom is -0.491 e. The Labute approximate surface area is 97.4 Å². The van der Waals surface area contributed by atoms with Crippen molar-refractivity contribution in [1.29, 1.82) is 0 Å². The number of aryl methyl sites for hydroxylation is 1. The highest BCUT2D eigenvalue weighted by Crippen LogP contribution is 2.16. The van der Waals surface area contributed by atoms with Gasteiger partial charge in [-0.25, -0.2) is 0 Å². The van der Waals surface area contributed by atoms with Gasteiger partial charge in [0.05, 0.1) is 6.10 Å². The maximum atomic E-state index is 5.90. The van der Waals surface area contributed by atoms with Crippen LogP contribution in [0, 0.1) is 0 Å². The minimum absolute atomic E-state index is 0.235. The number of halogens is 1. The van der Waals surface area contributed by atoms with Crippen molar-refractivity contribution in [1.82, 2.24) is 0 Å². The van der Waals surface area contributed by atoms with Crippen molar-refractivity contribution in [3.05, 3.63) is 29.8 Å². The molecule has 1 rings (SSSR count). The number of hydrogen-bond donors (Lipinski definition) is 0. The van der Waals surface area contributed by atoms with E-state index in [9.17, 15) is 0 Å². The van der Waals surface area contributed by atoms with Gasteiger partial charge in [-0.1, -0.05) is 12.1 Å². The average molecular weight is 227 g/mol. The number of ether oxygens (including phenoxy) is 1. The van der Waals surface area contributed by atoms with Crippen LogP contribution in [0.25, 0.3) is 0 Å². The summed E-state index contributed by atoms with van der Waals surface area (Å²) < 4.78 is 5.57. The first-order valence-electron chi connectivity index (χ1n) is 5.47. The third kappa shape index (κ3) is 5.08. The molecule has 1 unspecified atom stereocenters. The largest absolute Gasteiger partial charge is 0.491 e. The molecule has 2 heteroatoms. The Bertz CT molecular complexity index is 277. The monoisotopic (exact) mass is 226 g/mol. The van der Waals surface area contributed by atoms with Crippen LogP contribution >= 0.6 is 11.6 Å². The van der Waals surface area contributed by atoms with Crippen molar-refractivity contribution in [2.75, 3.05) is 0 Å². The predicted molar refractivity (Wildman–Crippen MR) is 65.8 cm³/mol. The van der Waals surface area contributed by atoms with Crippen LogP contribution in [0.4, 0.5) is 0 Å². The van der Waals surface area contributed by atoms with Gasteiger partial charge >= 0.3 is 0 Å². The Morgan fingerprint density at radius 3 is 2.20 bits per heavy atom. The summed E-state index contributed by atoms with van der Waals surface area (Å²) >= 11 is 5.90. The first-order valence-corrected chi connectivity index (χ1v) is 5.91. The molecule has 1 nitrogen and oxygen atoms in total. The Hall–Kier alpha value is -0.690. The minimum atomic E-state index is 0.235. The summed E-state index contributed by atoms with van der Waals surface area (Å²) in [6.45, 7) is 6.09. The number of rotatable bonds is 5. The van der Waals surface area contributed by atoms with Crippen molar-refractivity contribution in [2.24, 2.45) is 0 Å². The number of alkyl halides is 1. The zero-order valence-electron chi connectivity index (χ0n) is 9.66. The van der Waals surface area contributed by atoms with E-state index in [1.165, 1.54) is 5.56 Å². The van der Waals surface area contributed by atoms with E-state index in [-0.39, 0.29) is 11.5 Å². The van der Waals surface area contributed by atoms with Gasteiger partial charge in [0.2, 0.25) is 0 Å². The van der Waals surface area contributed by atoms with Gasteiger partial charge in [-0.2, -0.15) is 0 Å². The lowest BCUT2D eigenvalue weighted by molar-refractivity contribution is 0.242. The van der Waals surface area contributed by atoms with Crippen LogP contribution < -0.4 is 4.74 Å². The maximum Gasteiger partial charge on any atom is 0.119 e. The molecular formula is C13H19ClO. The molecule has 0 fully saturated rings. The molecule has 1 aromatic carbocycles. The molecule has 0 heterocycles. The van der Waals surface area contributed by atoms with Gasteiger partial charge < -0.3 is 4.74 Å². The maximum absolute atomic E-state index is 5.90. The molecule has 0 saturated heterocycles. The molecular weight excluding hydrogens is 208 g/mol. The van der Waals surface area contributed by atoms with Crippen LogP contribution in [-0.2, 0) is 6.42 Å². The van der Waals surface area contributed by atoms with Crippen LogP contribution in [0.1, 0.15) is 32.8 Å². The highest BCUT2D eigenvalue weighted by Gasteiger charge is 2.00. The number of benzene rings is 1. The topological polar surface area (TPSA) is 9.23 Å². The molecule has 0 amide bonds. The summed E-state index contributed by atoms with van der Waals surface area (Å²) in [6, 6.07) is 8.26. The molecule has 0 radical (unpaired) electrons. The SMILES string of the molecule is CC(Cl)CCc1ccc(OC(C)C)cc1. The molecule has 1 atom stereocenters.